The normalized spacial score (nSPS) is 22.0. The standard InChI is InChI=1S/C18H20F3N7O3/c1-9-10(2)31-17(29)28(9)13-7-12(24-16(25-13)27-3-5-30-6-4-27)11-8-23-15(22)26-14(11)18(19,20)21/h7-10H,3-6H2,1-2H3,(H2,22,23,26)/t9-,10+/m0/s1. The highest BCUT2D eigenvalue weighted by Gasteiger charge is 2.40. The third-order valence-electron chi connectivity index (χ3n) is 5.16. The summed E-state index contributed by atoms with van der Waals surface area (Å²) < 4.78 is 51.5. The lowest BCUT2D eigenvalue weighted by molar-refractivity contribution is -0.140. The Morgan fingerprint density at radius 2 is 1.87 bits per heavy atom. The third kappa shape index (κ3) is 4.04. The van der Waals surface area contributed by atoms with Crippen LogP contribution in [0.2, 0.25) is 0 Å². The number of cyclic esters (lactones) is 1. The molecule has 31 heavy (non-hydrogen) atoms. The van der Waals surface area contributed by atoms with Crippen molar-refractivity contribution in [2.24, 2.45) is 0 Å². The van der Waals surface area contributed by atoms with Gasteiger partial charge in [-0.15, -0.1) is 0 Å². The fraction of sp³-hybridized carbons (Fsp3) is 0.500. The van der Waals surface area contributed by atoms with Crippen molar-refractivity contribution in [1.82, 2.24) is 19.9 Å². The Bertz CT molecular complexity index is 998. The van der Waals surface area contributed by atoms with Gasteiger partial charge < -0.3 is 20.1 Å². The van der Waals surface area contributed by atoms with Crippen LogP contribution in [0, 0.1) is 0 Å². The maximum Gasteiger partial charge on any atom is 0.434 e. The summed E-state index contributed by atoms with van der Waals surface area (Å²) in [6, 6.07) is 0.918. The lowest BCUT2D eigenvalue weighted by Crippen LogP contribution is -2.38. The molecule has 2 N–H and O–H groups in total. The lowest BCUT2D eigenvalue weighted by Gasteiger charge is -2.28. The van der Waals surface area contributed by atoms with E-state index in [-0.39, 0.29) is 29.1 Å². The Kier molecular flexibility index (Phi) is 5.29. The van der Waals surface area contributed by atoms with E-state index in [0.29, 0.717) is 26.3 Å². The molecule has 0 bridgehead atoms. The number of ether oxygens (including phenoxy) is 2. The number of carbonyl (C=O) groups is 1. The van der Waals surface area contributed by atoms with Gasteiger partial charge in [0, 0.05) is 30.9 Å². The molecule has 0 saturated carbocycles. The first-order chi connectivity index (χ1) is 14.6. The quantitative estimate of drug-likeness (QED) is 0.767. The summed E-state index contributed by atoms with van der Waals surface area (Å²) in [5.74, 6) is -0.220. The molecule has 13 heteroatoms. The number of nitrogens with zero attached hydrogens (tertiary/aromatic N) is 6. The monoisotopic (exact) mass is 439 g/mol. The number of anilines is 3. The second kappa shape index (κ2) is 7.80. The molecule has 2 atom stereocenters. The molecule has 10 nitrogen and oxygen atoms in total. The highest BCUT2D eigenvalue weighted by Crippen LogP contribution is 2.37. The number of alkyl halides is 3. The summed E-state index contributed by atoms with van der Waals surface area (Å²) in [4.78, 5) is 31.3. The van der Waals surface area contributed by atoms with Crippen LogP contribution in [0.25, 0.3) is 11.3 Å². The molecular formula is C18H20F3N7O3. The Morgan fingerprint density at radius 3 is 2.48 bits per heavy atom. The number of halogens is 3. The van der Waals surface area contributed by atoms with Crippen LogP contribution in [0.4, 0.5) is 35.7 Å². The summed E-state index contributed by atoms with van der Waals surface area (Å²) in [6.45, 7) is 5.22. The van der Waals surface area contributed by atoms with Gasteiger partial charge in [-0.2, -0.15) is 18.2 Å². The lowest BCUT2D eigenvalue weighted by atomic mass is 10.1. The van der Waals surface area contributed by atoms with Crippen LogP contribution in [0.3, 0.4) is 0 Å². The molecule has 4 rings (SSSR count). The minimum absolute atomic E-state index is 0.0848. The van der Waals surface area contributed by atoms with Crippen molar-refractivity contribution in [3.8, 4) is 11.3 Å². The maximum absolute atomic E-state index is 13.6. The molecule has 2 saturated heterocycles. The van der Waals surface area contributed by atoms with Crippen molar-refractivity contribution < 1.29 is 27.4 Å². The largest absolute Gasteiger partial charge is 0.444 e. The van der Waals surface area contributed by atoms with Gasteiger partial charge in [0.1, 0.15) is 11.9 Å². The SMILES string of the molecule is C[C@H]1OC(=O)N(c2cc(-c3cnc(N)nc3C(F)(F)F)nc(N3CCOCC3)n2)[C@H]1C. The van der Waals surface area contributed by atoms with Crippen LogP contribution in [0.15, 0.2) is 12.3 Å². The molecule has 4 heterocycles. The maximum atomic E-state index is 13.6. The summed E-state index contributed by atoms with van der Waals surface area (Å²) in [5, 5.41) is 0. The van der Waals surface area contributed by atoms with Gasteiger partial charge in [-0.3, -0.25) is 4.90 Å². The van der Waals surface area contributed by atoms with Gasteiger partial charge in [0.25, 0.3) is 0 Å². The molecule has 2 aromatic rings. The Hall–Kier alpha value is -3.22. The Balaban J connectivity index is 1.88. The number of morpholine rings is 1. The molecule has 0 aliphatic carbocycles. The number of nitrogen functional groups attached to an aromatic ring is 1. The zero-order chi connectivity index (χ0) is 22.3. The summed E-state index contributed by atoms with van der Waals surface area (Å²) in [7, 11) is 0. The van der Waals surface area contributed by atoms with E-state index in [1.165, 1.54) is 11.0 Å². The van der Waals surface area contributed by atoms with Gasteiger partial charge in [-0.05, 0) is 13.8 Å². The van der Waals surface area contributed by atoms with Gasteiger partial charge in [-0.1, -0.05) is 0 Å². The van der Waals surface area contributed by atoms with Crippen molar-refractivity contribution in [3.63, 3.8) is 0 Å². The predicted molar refractivity (Wildman–Crippen MR) is 103 cm³/mol. The van der Waals surface area contributed by atoms with E-state index in [4.69, 9.17) is 15.2 Å². The van der Waals surface area contributed by atoms with Crippen molar-refractivity contribution in [2.45, 2.75) is 32.2 Å². The van der Waals surface area contributed by atoms with E-state index in [1.54, 1.807) is 18.7 Å². The topological polar surface area (TPSA) is 120 Å². The number of nitrogens with two attached hydrogens (primary N) is 1. The molecular weight excluding hydrogens is 419 g/mol. The van der Waals surface area contributed by atoms with Crippen LogP contribution < -0.4 is 15.5 Å². The van der Waals surface area contributed by atoms with E-state index in [2.05, 4.69) is 19.9 Å². The molecule has 1 amide bonds. The molecule has 0 unspecified atom stereocenters. The molecule has 166 valence electrons. The van der Waals surface area contributed by atoms with Crippen LogP contribution in [0.5, 0.6) is 0 Å². The second-order valence-corrected chi connectivity index (χ2v) is 7.20. The van der Waals surface area contributed by atoms with Crippen molar-refractivity contribution >= 4 is 23.8 Å². The fourth-order valence-corrected chi connectivity index (χ4v) is 3.38. The van der Waals surface area contributed by atoms with Gasteiger partial charge in [-0.25, -0.2) is 19.7 Å². The number of carbonyl (C=O) groups excluding carboxylic acids is 1. The molecule has 0 spiro atoms. The smallest absolute Gasteiger partial charge is 0.434 e. The van der Waals surface area contributed by atoms with Gasteiger partial charge in [0.2, 0.25) is 11.9 Å². The molecule has 2 fully saturated rings. The summed E-state index contributed by atoms with van der Waals surface area (Å²) >= 11 is 0. The number of amides is 1. The average molecular weight is 439 g/mol. The first-order valence-electron chi connectivity index (χ1n) is 9.57. The van der Waals surface area contributed by atoms with Crippen LogP contribution in [0.1, 0.15) is 19.5 Å². The minimum Gasteiger partial charge on any atom is -0.444 e. The zero-order valence-corrected chi connectivity index (χ0v) is 16.8. The molecule has 2 aliphatic rings. The van der Waals surface area contributed by atoms with E-state index in [9.17, 15) is 18.0 Å². The third-order valence-corrected chi connectivity index (χ3v) is 5.16. The summed E-state index contributed by atoms with van der Waals surface area (Å²) in [5.41, 5.74) is 3.71. The van der Waals surface area contributed by atoms with E-state index in [0.717, 1.165) is 6.20 Å². The highest BCUT2D eigenvalue weighted by atomic mass is 19.4. The van der Waals surface area contributed by atoms with E-state index >= 15 is 0 Å². The average Bonchev–Trinajstić information content (AvgIpc) is 2.99. The predicted octanol–water partition coefficient (Wildman–Crippen LogP) is 2.10. The van der Waals surface area contributed by atoms with Crippen LogP contribution >= 0.6 is 0 Å². The fourth-order valence-electron chi connectivity index (χ4n) is 3.38. The van der Waals surface area contributed by atoms with E-state index < -0.39 is 30.0 Å². The highest BCUT2D eigenvalue weighted by molar-refractivity contribution is 5.90. The molecule has 0 aromatic carbocycles. The van der Waals surface area contributed by atoms with Crippen molar-refractivity contribution in [1.29, 1.82) is 0 Å². The molecule has 2 aromatic heterocycles. The number of aromatic nitrogens is 4. The zero-order valence-electron chi connectivity index (χ0n) is 16.8. The minimum atomic E-state index is -4.79. The molecule has 2 aliphatic heterocycles. The summed E-state index contributed by atoms with van der Waals surface area (Å²) in [6.07, 6.45) is -4.87. The first-order valence-corrected chi connectivity index (χ1v) is 9.57. The molecule has 0 radical (unpaired) electrons. The Labute approximate surface area is 175 Å². The van der Waals surface area contributed by atoms with Gasteiger partial charge in [0.15, 0.2) is 5.69 Å². The van der Waals surface area contributed by atoms with Gasteiger partial charge >= 0.3 is 12.3 Å². The van der Waals surface area contributed by atoms with Crippen molar-refractivity contribution in [3.05, 3.63) is 18.0 Å². The van der Waals surface area contributed by atoms with Crippen molar-refractivity contribution in [2.75, 3.05) is 41.8 Å². The first kappa shape index (κ1) is 21.0. The number of hydrogen-bond acceptors (Lipinski definition) is 9. The number of hydrogen-bond donors (Lipinski definition) is 1. The number of rotatable bonds is 3. The van der Waals surface area contributed by atoms with Crippen LogP contribution in [-0.4, -0.2) is 64.5 Å². The van der Waals surface area contributed by atoms with E-state index in [1.807, 2.05) is 0 Å². The Morgan fingerprint density at radius 1 is 1.16 bits per heavy atom. The van der Waals surface area contributed by atoms with Crippen LogP contribution in [-0.2, 0) is 15.7 Å². The second-order valence-electron chi connectivity index (χ2n) is 7.20. The van der Waals surface area contributed by atoms with Gasteiger partial charge in [0.05, 0.1) is 24.9 Å².